The largest absolute Gasteiger partial charge is 0.452 e. The van der Waals surface area contributed by atoms with Gasteiger partial charge in [-0.05, 0) is 116 Å². The smallest absolute Gasteiger partial charge is 0.179 e. The maximum atomic E-state index is 6.58. The fraction of sp³-hybridized carbons (Fsp3) is 0.0164. The molecule has 2 aromatic heterocycles. The zero-order valence-electron chi connectivity index (χ0n) is 34.8. The summed E-state index contributed by atoms with van der Waals surface area (Å²) < 4.78 is 13.0. The molecule has 1 aliphatic carbocycles. The molecule has 0 amide bonds. The van der Waals surface area contributed by atoms with Gasteiger partial charge in [-0.2, -0.15) is 0 Å². The summed E-state index contributed by atoms with van der Waals surface area (Å²) in [6, 6.07) is 85.4. The molecule has 13 rings (SSSR count). The minimum absolute atomic E-state index is 0.495. The molecule has 0 fully saturated rings. The number of hydrogen-bond acceptors (Lipinski definition) is 3. The molecule has 1 aliphatic rings. The van der Waals surface area contributed by atoms with Gasteiger partial charge in [0.25, 0.3) is 0 Å². The maximum absolute atomic E-state index is 6.58. The highest BCUT2D eigenvalue weighted by molar-refractivity contribution is 6.24. The molecule has 0 aliphatic heterocycles. The van der Waals surface area contributed by atoms with E-state index >= 15 is 0 Å². The van der Waals surface area contributed by atoms with E-state index in [1.165, 1.54) is 33.4 Å². The van der Waals surface area contributed by atoms with E-state index in [2.05, 4.69) is 217 Å². The number of para-hydroxylation sites is 3. The Hall–Kier alpha value is -8.40. The van der Waals surface area contributed by atoms with Gasteiger partial charge in [0.05, 0.1) is 5.41 Å². The fourth-order valence-corrected chi connectivity index (χ4v) is 10.6. The Morgan fingerprint density at radius 1 is 0.312 bits per heavy atom. The molecule has 64 heavy (non-hydrogen) atoms. The third-order valence-electron chi connectivity index (χ3n) is 13.3. The summed E-state index contributed by atoms with van der Waals surface area (Å²) >= 11 is 0. The van der Waals surface area contributed by atoms with Gasteiger partial charge in [-0.3, -0.25) is 0 Å². The van der Waals surface area contributed by atoms with E-state index in [4.69, 9.17) is 8.83 Å². The van der Waals surface area contributed by atoms with Crippen LogP contribution in [0.15, 0.2) is 245 Å². The number of fused-ring (bicyclic) bond motifs is 10. The summed E-state index contributed by atoms with van der Waals surface area (Å²) in [7, 11) is 0. The SMILES string of the molecule is c1ccc(N(c2ccc(-c3cccc(-c4cc5c6ccccc6oc5c5oc6ccccc6c45)c3)cc2)c2ccc3c(c2)C(c2ccccc2)(c2ccccc2)c2ccccc2-3)cc1. The number of rotatable bonds is 7. The zero-order chi connectivity index (χ0) is 42.2. The van der Waals surface area contributed by atoms with Gasteiger partial charge >= 0.3 is 0 Å². The van der Waals surface area contributed by atoms with Crippen molar-refractivity contribution in [1.82, 2.24) is 0 Å². The summed E-state index contributed by atoms with van der Waals surface area (Å²) in [5.74, 6) is 0. The summed E-state index contributed by atoms with van der Waals surface area (Å²) in [5.41, 5.74) is 18.2. The topological polar surface area (TPSA) is 29.5 Å². The highest BCUT2D eigenvalue weighted by atomic mass is 16.4. The summed E-state index contributed by atoms with van der Waals surface area (Å²) in [4.78, 5) is 2.38. The number of benzene rings is 10. The van der Waals surface area contributed by atoms with Gasteiger partial charge in [0.15, 0.2) is 11.2 Å². The Bertz CT molecular complexity index is 3680. The van der Waals surface area contributed by atoms with E-state index in [1.54, 1.807) is 0 Å². The molecule has 2 heterocycles. The zero-order valence-corrected chi connectivity index (χ0v) is 34.8. The van der Waals surface area contributed by atoms with Crippen LogP contribution in [0.1, 0.15) is 22.3 Å². The summed E-state index contributed by atoms with van der Waals surface area (Å²) in [6.45, 7) is 0. The molecule has 12 aromatic rings. The van der Waals surface area contributed by atoms with Crippen molar-refractivity contribution < 1.29 is 8.83 Å². The molecule has 300 valence electrons. The van der Waals surface area contributed by atoms with Crippen molar-refractivity contribution in [2.24, 2.45) is 0 Å². The first-order valence-corrected chi connectivity index (χ1v) is 21.9. The van der Waals surface area contributed by atoms with Crippen LogP contribution in [0.25, 0.3) is 77.3 Å². The third kappa shape index (κ3) is 5.41. The van der Waals surface area contributed by atoms with Crippen LogP contribution in [0.3, 0.4) is 0 Å². The van der Waals surface area contributed by atoms with Crippen LogP contribution in [0.2, 0.25) is 0 Å². The number of nitrogens with zero attached hydrogens (tertiary/aromatic N) is 1. The average Bonchev–Trinajstić information content (AvgIpc) is 4.04. The lowest BCUT2D eigenvalue weighted by Crippen LogP contribution is -2.28. The standard InChI is InChI=1S/C61H39NO2/c1-4-19-43(20-5-1)61(44-21-6-2-7-22-44)54-28-13-10-25-48(54)49-36-35-47(38-55(49)61)62(45-23-8-3-9-24-45)46-33-31-40(32-34-46)41-17-16-18-42(37-41)52-39-53-50-26-11-14-29-56(50)63-59(53)60-58(52)51-27-12-15-30-57(51)64-60/h1-39H. The van der Waals surface area contributed by atoms with Gasteiger partial charge in [0, 0.05) is 38.6 Å². The van der Waals surface area contributed by atoms with Crippen molar-refractivity contribution in [3.63, 3.8) is 0 Å². The summed E-state index contributed by atoms with van der Waals surface area (Å²) in [5, 5.41) is 4.27. The molecule has 10 aromatic carbocycles. The van der Waals surface area contributed by atoms with E-state index < -0.39 is 5.41 Å². The quantitative estimate of drug-likeness (QED) is 0.160. The second-order valence-electron chi connectivity index (χ2n) is 16.8. The van der Waals surface area contributed by atoms with E-state index in [0.717, 1.165) is 83.2 Å². The Labute approximate surface area is 370 Å². The molecule has 0 saturated carbocycles. The minimum Gasteiger partial charge on any atom is -0.452 e. The first kappa shape index (κ1) is 36.3. The highest BCUT2D eigenvalue weighted by Crippen LogP contribution is 2.57. The average molecular weight is 818 g/mol. The van der Waals surface area contributed by atoms with Gasteiger partial charge < -0.3 is 13.7 Å². The summed E-state index contributed by atoms with van der Waals surface area (Å²) in [6.07, 6.45) is 0. The van der Waals surface area contributed by atoms with Crippen LogP contribution >= 0.6 is 0 Å². The lowest BCUT2D eigenvalue weighted by Gasteiger charge is -2.35. The molecule has 0 spiro atoms. The Kier molecular flexibility index (Phi) is 8.13. The van der Waals surface area contributed by atoms with Crippen molar-refractivity contribution in [3.05, 3.63) is 259 Å². The van der Waals surface area contributed by atoms with E-state index in [-0.39, 0.29) is 0 Å². The molecule has 0 N–H and O–H groups in total. The van der Waals surface area contributed by atoms with E-state index in [1.807, 2.05) is 24.3 Å². The highest BCUT2D eigenvalue weighted by Gasteiger charge is 2.46. The second-order valence-corrected chi connectivity index (χ2v) is 16.8. The minimum atomic E-state index is -0.495. The molecule has 3 nitrogen and oxygen atoms in total. The Morgan fingerprint density at radius 3 is 1.62 bits per heavy atom. The number of hydrogen-bond donors (Lipinski definition) is 0. The molecule has 0 radical (unpaired) electrons. The third-order valence-corrected chi connectivity index (χ3v) is 13.3. The maximum Gasteiger partial charge on any atom is 0.179 e. The van der Waals surface area contributed by atoms with Crippen molar-refractivity contribution in [2.75, 3.05) is 4.90 Å². The Morgan fingerprint density at radius 2 is 0.875 bits per heavy atom. The van der Waals surface area contributed by atoms with Crippen LogP contribution in [-0.2, 0) is 5.41 Å². The molecule has 0 saturated heterocycles. The van der Waals surface area contributed by atoms with Crippen LogP contribution in [-0.4, -0.2) is 0 Å². The molecule has 3 heteroatoms. The van der Waals surface area contributed by atoms with Gasteiger partial charge in [0.2, 0.25) is 0 Å². The van der Waals surface area contributed by atoms with Crippen molar-refractivity contribution >= 4 is 60.9 Å². The van der Waals surface area contributed by atoms with E-state index in [0.29, 0.717) is 0 Å². The van der Waals surface area contributed by atoms with Crippen molar-refractivity contribution in [3.8, 4) is 33.4 Å². The molecule has 0 atom stereocenters. The Balaban J connectivity index is 0.943. The number of anilines is 3. The van der Waals surface area contributed by atoms with Crippen LogP contribution in [0, 0.1) is 0 Å². The van der Waals surface area contributed by atoms with Gasteiger partial charge in [0.1, 0.15) is 11.2 Å². The first-order chi connectivity index (χ1) is 31.7. The van der Waals surface area contributed by atoms with E-state index in [9.17, 15) is 0 Å². The predicted octanol–water partition coefficient (Wildman–Crippen LogP) is 16.7. The lowest BCUT2D eigenvalue weighted by atomic mass is 9.67. The molecular formula is C61H39NO2. The fourth-order valence-electron chi connectivity index (χ4n) is 10.6. The first-order valence-electron chi connectivity index (χ1n) is 21.9. The van der Waals surface area contributed by atoms with Gasteiger partial charge in [-0.15, -0.1) is 0 Å². The normalized spacial score (nSPS) is 12.8. The molecular weight excluding hydrogens is 779 g/mol. The van der Waals surface area contributed by atoms with Crippen LogP contribution < -0.4 is 4.90 Å². The van der Waals surface area contributed by atoms with Gasteiger partial charge in [-0.1, -0.05) is 176 Å². The monoisotopic (exact) mass is 817 g/mol. The predicted molar refractivity (Wildman–Crippen MR) is 264 cm³/mol. The number of furan rings is 2. The molecule has 0 unspecified atom stereocenters. The van der Waals surface area contributed by atoms with Gasteiger partial charge in [-0.25, -0.2) is 0 Å². The van der Waals surface area contributed by atoms with Crippen molar-refractivity contribution in [1.29, 1.82) is 0 Å². The van der Waals surface area contributed by atoms with Crippen LogP contribution in [0.4, 0.5) is 17.1 Å². The lowest BCUT2D eigenvalue weighted by molar-refractivity contribution is 0.633. The van der Waals surface area contributed by atoms with Crippen molar-refractivity contribution in [2.45, 2.75) is 5.41 Å². The second kappa shape index (κ2) is 14.3. The molecule has 0 bridgehead atoms. The van der Waals surface area contributed by atoms with Crippen LogP contribution in [0.5, 0.6) is 0 Å².